The highest BCUT2D eigenvalue weighted by molar-refractivity contribution is 5.61. The van der Waals surface area contributed by atoms with Gasteiger partial charge in [-0.3, -0.25) is 4.98 Å². The van der Waals surface area contributed by atoms with Crippen molar-refractivity contribution in [2.45, 2.75) is 32.1 Å². The van der Waals surface area contributed by atoms with Gasteiger partial charge in [-0.15, -0.1) is 0 Å². The van der Waals surface area contributed by atoms with Gasteiger partial charge >= 0.3 is 0 Å². The second-order valence-corrected chi connectivity index (χ2v) is 4.91. The fourth-order valence-electron chi connectivity index (χ4n) is 2.58. The number of hydrogen-bond acceptors (Lipinski definition) is 2. The molecule has 2 nitrogen and oxygen atoms in total. The zero-order valence-electron chi connectivity index (χ0n) is 10.4. The molecule has 0 unspecified atom stereocenters. The minimum absolute atomic E-state index is 0.296. The molecule has 1 aliphatic rings. The average molecular weight is 239 g/mol. The summed E-state index contributed by atoms with van der Waals surface area (Å²) >= 11 is 0. The van der Waals surface area contributed by atoms with Gasteiger partial charge in [0.05, 0.1) is 5.69 Å². The maximum atomic E-state index is 9.53. The average Bonchev–Trinajstić information content (AvgIpc) is 2.63. The van der Waals surface area contributed by atoms with Gasteiger partial charge in [-0.25, -0.2) is 0 Å². The van der Waals surface area contributed by atoms with Crippen LogP contribution < -0.4 is 0 Å². The van der Waals surface area contributed by atoms with Crippen molar-refractivity contribution < 1.29 is 5.11 Å². The fourth-order valence-corrected chi connectivity index (χ4v) is 2.58. The summed E-state index contributed by atoms with van der Waals surface area (Å²) in [4.78, 5) is 4.77. The van der Waals surface area contributed by atoms with Crippen molar-refractivity contribution in [2.24, 2.45) is 0 Å². The van der Waals surface area contributed by atoms with Crippen molar-refractivity contribution in [2.75, 3.05) is 0 Å². The van der Waals surface area contributed by atoms with Crippen LogP contribution in [0.2, 0.25) is 0 Å². The van der Waals surface area contributed by atoms with E-state index < -0.39 is 0 Å². The number of rotatable bonds is 1. The number of phenols is 1. The highest BCUT2D eigenvalue weighted by atomic mass is 16.3. The highest BCUT2D eigenvalue weighted by Gasteiger charge is 2.10. The molecular formula is C16H17NO. The van der Waals surface area contributed by atoms with E-state index in [-0.39, 0.29) is 0 Å². The van der Waals surface area contributed by atoms with Gasteiger partial charge in [0.2, 0.25) is 0 Å². The molecule has 0 fully saturated rings. The standard InChI is InChI=1S/C16H17NO/c18-14-7-4-6-13(11-14)16-10-9-12-5-2-1-3-8-15(12)17-16/h4,6-7,9-11,18H,1-3,5,8H2. The zero-order chi connectivity index (χ0) is 12.4. The van der Waals surface area contributed by atoms with E-state index in [1.807, 2.05) is 12.1 Å². The number of aryl methyl sites for hydroxylation is 2. The molecule has 0 spiro atoms. The topological polar surface area (TPSA) is 33.1 Å². The van der Waals surface area contributed by atoms with Crippen molar-refractivity contribution in [1.29, 1.82) is 0 Å². The van der Waals surface area contributed by atoms with E-state index in [1.165, 1.54) is 30.5 Å². The molecule has 1 aromatic carbocycles. The number of aromatic hydroxyl groups is 1. The molecule has 1 aromatic heterocycles. The molecule has 0 atom stereocenters. The summed E-state index contributed by atoms with van der Waals surface area (Å²) in [5.74, 6) is 0.296. The summed E-state index contributed by atoms with van der Waals surface area (Å²) in [7, 11) is 0. The van der Waals surface area contributed by atoms with E-state index in [9.17, 15) is 5.11 Å². The Morgan fingerprint density at radius 2 is 1.83 bits per heavy atom. The molecule has 0 saturated heterocycles. The molecule has 0 aliphatic heterocycles. The Kier molecular flexibility index (Phi) is 3.01. The molecular weight excluding hydrogens is 222 g/mol. The van der Waals surface area contributed by atoms with Gasteiger partial charge in [-0.2, -0.15) is 0 Å². The number of benzene rings is 1. The quantitative estimate of drug-likeness (QED) is 0.769. The number of phenolic OH excluding ortho intramolecular Hbond substituents is 1. The smallest absolute Gasteiger partial charge is 0.116 e. The monoisotopic (exact) mass is 239 g/mol. The zero-order valence-corrected chi connectivity index (χ0v) is 10.4. The first-order valence-corrected chi connectivity index (χ1v) is 6.61. The first-order valence-electron chi connectivity index (χ1n) is 6.61. The van der Waals surface area contributed by atoms with Gasteiger partial charge < -0.3 is 5.11 Å². The third kappa shape index (κ3) is 2.23. The highest BCUT2D eigenvalue weighted by Crippen LogP contribution is 2.25. The van der Waals surface area contributed by atoms with Crippen molar-refractivity contribution >= 4 is 0 Å². The van der Waals surface area contributed by atoms with Crippen LogP contribution in [-0.4, -0.2) is 10.1 Å². The lowest BCUT2D eigenvalue weighted by Gasteiger charge is -2.08. The van der Waals surface area contributed by atoms with Crippen molar-refractivity contribution in [3.05, 3.63) is 47.7 Å². The van der Waals surface area contributed by atoms with Gasteiger partial charge in [-0.1, -0.05) is 24.6 Å². The molecule has 3 rings (SSSR count). The fraction of sp³-hybridized carbons (Fsp3) is 0.312. The van der Waals surface area contributed by atoms with Crippen LogP contribution in [0.3, 0.4) is 0 Å². The Bertz CT molecular complexity index is 563. The molecule has 0 amide bonds. The van der Waals surface area contributed by atoms with Crippen molar-refractivity contribution in [3.63, 3.8) is 0 Å². The summed E-state index contributed by atoms with van der Waals surface area (Å²) in [6.45, 7) is 0. The molecule has 92 valence electrons. The van der Waals surface area contributed by atoms with E-state index in [2.05, 4.69) is 12.1 Å². The molecule has 0 bridgehead atoms. The van der Waals surface area contributed by atoms with Crippen molar-refractivity contribution in [3.8, 4) is 17.0 Å². The normalized spacial score (nSPS) is 14.9. The maximum Gasteiger partial charge on any atom is 0.116 e. The van der Waals surface area contributed by atoms with Crippen molar-refractivity contribution in [1.82, 2.24) is 4.98 Å². The summed E-state index contributed by atoms with van der Waals surface area (Å²) < 4.78 is 0. The van der Waals surface area contributed by atoms with Gasteiger partial charge in [0.15, 0.2) is 0 Å². The number of fused-ring (bicyclic) bond motifs is 1. The summed E-state index contributed by atoms with van der Waals surface area (Å²) in [5.41, 5.74) is 4.60. The SMILES string of the molecule is Oc1cccc(-c2ccc3c(n2)CCCCC3)c1. The molecule has 2 heteroatoms. The van der Waals surface area contributed by atoms with Crippen LogP contribution in [0.15, 0.2) is 36.4 Å². The maximum absolute atomic E-state index is 9.53. The van der Waals surface area contributed by atoms with E-state index in [4.69, 9.17) is 4.98 Å². The third-order valence-electron chi connectivity index (χ3n) is 3.57. The summed E-state index contributed by atoms with van der Waals surface area (Å²) in [6.07, 6.45) is 6.06. The van der Waals surface area contributed by atoms with Crippen LogP contribution in [0, 0.1) is 0 Å². The van der Waals surface area contributed by atoms with Gasteiger partial charge in [-0.05, 0) is 49.4 Å². The van der Waals surface area contributed by atoms with E-state index >= 15 is 0 Å². The van der Waals surface area contributed by atoms with Crippen LogP contribution in [0.25, 0.3) is 11.3 Å². The lowest BCUT2D eigenvalue weighted by molar-refractivity contribution is 0.475. The Morgan fingerprint density at radius 1 is 0.944 bits per heavy atom. The minimum atomic E-state index is 0.296. The lowest BCUT2D eigenvalue weighted by Crippen LogP contribution is -1.97. The minimum Gasteiger partial charge on any atom is -0.508 e. The molecule has 0 saturated carbocycles. The summed E-state index contributed by atoms with van der Waals surface area (Å²) in [5, 5.41) is 9.53. The Labute approximate surface area is 107 Å². The Morgan fingerprint density at radius 3 is 2.72 bits per heavy atom. The molecule has 18 heavy (non-hydrogen) atoms. The predicted molar refractivity (Wildman–Crippen MR) is 72.6 cm³/mol. The van der Waals surface area contributed by atoms with E-state index in [1.54, 1.807) is 12.1 Å². The Balaban J connectivity index is 2.01. The van der Waals surface area contributed by atoms with Gasteiger partial charge in [0, 0.05) is 11.3 Å². The number of nitrogens with zero attached hydrogens (tertiary/aromatic N) is 1. The second kappa shape index (κ2) is 4.81. The van der Waals surface area contributed by atoms with E-state index in [0.717, 1.165) is 24.1 Å². The van der Waals surface area contributed by atoms with Crippen LogP contribution >= 0.6 is 0 Å². The number of hydrogen-bond donors (Lipinski definition) is 1. The van der Waals surface area contributed by atoms with Crippen LogP contribution in [0.1, 0.15) is 30.5 Å². The first-order chi connectivity index (χ1) is 8.83. The Hall–Kier alpha value is -1.83. The van der Waals surface area contributed by atoms with Gasteiger partial charge in [0.1, 0.15) is 5.75 Å². The van der Waals surface area contributed by atoms with E-state index in [0.29, 0.717) is 5.75 Å². The molecule has 1 N–H and O–H groups in total. The predicted octanol–water partition coefficient (Wildman–Crippen LogP) is 3.72. The number of aromatic nitrogens is 1. The number of pyridine rings is 1. The molecule has 2 aromatic rings. The summed E-state index contributed by atoms with van der Waals surface area (Å²) in [6, 6.07) is 11.6. The first kappa shape index (κ1) is 11.3. The molecule has 1 heterocycles. The second-order valence-electron chi connectivity index (χ2n) is 4.91. The van der Waals surface area contributed by atoms with Gasteiger partial charge in [0.25, 0.3) is 0 Å². The third-order valence-corrected chi connectivity index (χ3v) is 3.57. The molecule has 0 radical (unpaired) electrons. The van der Waals surface area contributed by atoms with Crippen LogP contribution in [0.4, 0.5) is 0 Å². The van der Waals surface area contributed by atoms with Crippen LogP contribution in [0.5, 0.6) is 5.75 Å². The van der Waals surface area contributed by atoms with Crippen LogP contribution in [-0.2, 0) is 12.8 Å². The molecule has 1 aliphatic carbocycles. The largest absolute Gasteiger partial charge is 0.508 e. The lowest BCUT2D eigenvalue weighted by atomic mass is 10.1.